The summed E-state index contributed by atoms with van der Waals surface area (Å²) in [5.41, 5.74) is 1.47. The number of nitro benzene ring substituents is 1. The van der Waals surface area contributed by atoms with E-state index in [1.54, 1.807) is 24.3 Å². The second-order valence-electron chi connectivity index (χ2n) is 4.35. The number of amides is 1. The van der Waals surface area contributed by atoms with Gasteiger partial charge in [-0.3, -0.25) is 14.9 Å². The highest BCUT2D eigenvalue weighted by Crippen LogP contribution is 2.22. The Morgan fingerprint density at radius 1 is 1.24 bits per heavy atom. The van der Waals surface area contributed by atoms with Crippen LogP contribution in [0.4, 0.5) is 11.4 Å². The summed E-state index contributed by atoms with van der Waals surface area (Å²) in [6.07, 6.45) is 0. The fourth-order valence-corrected chi connectivity index (χ4v) is 1.89. The fraction of sp³-hybridized carbons (Fsp3) is 0.0667. The molecule has 0 spiro atoms. The Morgan fingerprint density at radius 2 is 1.90 bits per heavy atom. The van der Waals surface area contributed by atoms with Crippen molar-refractivity contribution in [3.05, 3.63) is 69.3 Å². The second kappa shape index (κ2) is 5.84. The minimum atomic E-state index is -0.520. The summed E-state index contributed by atoms with van der Waals surface area (Å²) in [6, 6.07) is 12.7. The smallest absolute Gasteiger partial charge is 0.273 e. The van der Waals surface area contributed by atoms with Crippen molar-refractivity contribution in [1.29, 1.82) is 5.26 Å². The van der Waals surface area contributed by atoms with E-state index < -0.39 is 10.8 Å². The molecule has 0 atom stereocenters. The molecule has 2 rings (SSSR count). The van der Waals surface area contributed by atoms with E-state index >= 15 is 0 Å². The number of hydrogen-bond acceptors (Lipinski definition) is 4. The molecule has 0 aliphatic carbocycles. The van der Waals surface area contributed by atoms with E-state index in [0.29, 0.717) is 16.8 Å². The average Bonchev–Trinajstić information content (AvgIpc) is 2.47. The van der Waals surface area contributed by atoms with Gasteiger partial charge in [0.2, 0.25) is 0 Å². The van der Waals surface area contributed by atoms with Crippen molar-refractivity contribution >= 4 is 17.3 Å². The van der Waals surface area contributed by atoms with E-state index in [1.807, 2.05) is 6.07 Å². The number of benzene rings is 2. The number of anilines is 1. The summed E-state index contributed by atoms with van der Waals surface area (Å²) in [6.45, 7) is 1.53. The largest absolute Gasteiger partial charge is 0.322 e. The zero-order valence-corrected chi connectivity index (χ0v) is 11.2. The number of nitriles is 1. The van der Waals surface area contributed by atoms with Gasteiger partial charge in [-0.05, 0) is 37.3 Å². The first-order valence-corrected chi connectivity index (χ1v) is 6.08. The molecule has 1 N–H and O–H groups in total. The SMILES string of the molecule is Cc1c(C(=O)Nc2ccc(C#N)cc2)cccc1[N+](=O)[O-]. The first-order chi connectivity index (χ1) is 10.0. The van der Waals surface area contributed by atoms with Crippen LogP contribution < -0.4 is 5.32 Å². The molecule has 2 aromatic rings. The number of carbonyl (C=O) groups excluding carboxylic acids is 1. The highest BCUT2D eigenvalue weighted by atomic mass is 16.6. The Kier molecular flexibility index (Phi) is 3.95. The van der Waals surface area contributed by atoms with Crippen LogP contribution in [0.5, 0.6) is 0 Å². The van der Waals surface area contributed by atoms with Crippen molar-refractivity contribution in [2.24, 2.45) is 0 Å². The number of nitrogens with zero attached hydrogens (tertiary/aromatic N) is 2. The van der Waals surface area contributed by atoms with Gasteiger partial charge in [0.25, 0.3) is 11.6 Å². The molecule has 0 heterocycles. The fourth-order valence-electron chi connectivity index (χ4n) is 1.89. The first-order valence-electron chi connectivity index (χ1n) is 6.08. The maximum atomic E-state index is 12.2. The minimum absolute atomic E-state index is 0.0949. The van der Waals surface area contributed by atoms with Crippen LogP contribution in [0.1, 0.15) is 21.5 Å². The standard InChI is InChI=1S/C15H11N3O3/c1-10-13(3-2-4-14(10)18(20)21)15(19)17-12-7-5-11(9-16)6-8-12/h2-8H,1H3,(H,17,19). The molecule has 0 aliphatic heterocycles. The molecule has 0 aliphatic rings. The highest BCUT2D eigenvalue weighted by Gasteiger charge is 2.17. The van der Waals surface area contributed by atoms with Crippen molar-refractivity contribution in [3.8, 4) is 6.07 Å². The highest BCUT2D eigenvalue weighted by molar-refractivity contribution is 6.05. The molecule has 0 bridgehead atoms. The number of nitrogens with one attached hydrogen (secondary N) is 1. The maximum Gasteiger partial charge on any atom is 0.273 e. The van der Waals surface area contributed by atoms with Crippen LogP contribution in [-0.2, 0) is 0 Å². The average molecular weight is 281 g/mol. The lowest BCUT2D eigenvalue weighted by Crippen LogP contribution is -2.14. The van der Waals surface area contributed by atoms with Gasteiger partial charge in [0.05, 0.1) is 16.6 Å². The molecule has 0 radical (unpaired) electrons. The van der Waals surface area contributed by atoms with E-state index in [1.165, 1.54) is 25.1 Å². The Labute approximate surface area is 120 Å². The number of hydrogen-bond donors (Lipinski definition) is 1. The predicted octanol–water partition coefficient (Wildman–Crippen LogP) is 3.03. The van der Waals surface area contributed by atoms with Crippen molar-refractivity contribution in [3.63, 3.8) is 0 Å². The van der Waals surface area contributed by atoms with Gasteiger partial charge in [0.1, 0.15) is 0 Å². The van der Waals surface area contributed by atoms with Crippen LogP contribution in [0.3, 0.4) is 0 Å². The number of nitro groups is 1. The molecule has 6 heteroatoms. The van der Waals surface area contributed by atoms with Gasteiger partial charge in [-0.25, -0.2) is 0 Å². The van der Waals surface area contributed by atoms with Gasteiger partial charge in [0, 0.05) is 22.9 Å². The molecule has 0 unspecified atom stereocenters. The Morgan fingerprint density at radius 3 is 2.48 bits per heavy atom. The normalized spacial score (nSPS) is 9.71. The van der Waals surface area contributed by atoms with Gasteiger partial charge in [0.15, 0.2) is 0 Å². The van der Waals surface area contributed by atoms with Crippen LogP contribution in [-0.4, -0.2) is 10.8 Å². The summed E-state index contributed by atoms with van der Waals surface area (Å²) in [5.74, 6) is -0.430. The maximum absolute atomic E-state index is 12.2. The molecule has 1 amide bonds. The summed E-state index contributed by atoms with van der Waals surface area (Å²) in [4.78, 5) is 22.5. The molecule has 0 fully saturated rings. The van der Waals surface area contributed by atoms with Crippen LogP contribution in [0.2, 0.25) is 0 Å². The van der Waals surface area contributed by atoms with Crippen LogP contribution in [0.25, 0.3) is 0 Å². The lowest BCUT2D eigenvalue weighted by molar-refractivity contribution is -0.385. The quantitative estimate of drug-likeness (QED) is 0.690. The van der Waals surface area contributed by atoms with E-state index in [0.717, 1.165) is 0 Å². The molecule has 21 heavy (non-hydrogen) atoms. The lowest BCUT2D eigenvalue weighted by Gasteiger charge is -2.08. The van der Waals surface area contributed by atoms with E-state index in [-0.39, 0.29) is 11.3 Å². The van der Waals surface area contributed by atoms with Crippen molar-refractivity contribution in [2.45, 2.75) is 6.92 Å². The summed E-state index contributed by atoms with van der Waals surface area (Å²) >= 11 is 0. The zero-order chi connectivity index (χ0) is 15.4. The first kappa shape index (κ1) is 14.2. The minimum Gasteiger partial charge on any atom is -0.322 e. The van der Waals surface area contributed by atoms with Crippen LogP contribution in [0, 0.1) is 28.4 Å². The van der Waals surface area contributed by atoms with Gasteiger partial charge in [-0.2, -0.15) is 5.26 Å². The Hall–Kier alpha value is -3.20. The summed E-state index contributed by atoms with van der Waals surface area (Å²) in [5, 5.41) is 22.2. The third kappa shape index (κ3) is 3.04. The van der Waals surface area contributed by atoms with Gasteiger partial charge in [-0.15, -0.1) is 0 Å². The number of rotatable bonds is 3. The lowest BCUT2D eigenvalue weighted by atomic mass is 10.1. The summed E-state index contributed by atoms with van der Waals surface area (Å²) < 4.78 is 0. The summed E-state index contributed by atoms with van der Waals surface area (Å²) in [7, 11) is 0. The van der Waals surface area contributed by atoms with E-state index in [9.17, 15) is 14.9 Å². The van der Waals surface area contributed by atoms with Crippen LogP contribution >= 0.6 is 0 Å². The molecular weight excluding hydrogens is 270 g/mol. The number of carbonyl (C=O) groups is 1. The Balaban J connectivity index is 2.26. The van der Waals surface area contributed by atoms with Gasteiger partial charge >= 0.3 is 0 Å². The van der Waals surface area contributed by atoms with Crippen molar-refractivity contribution in [1.82, 2.24) is 0 Å². The zero-order valence-electron chi connectivity index (χ0n) is 11.2. The third-order valence-corrected chi connectivity index (χ3v) is 3.02. The second-order valence-corrected chi connectivity index (χ2v) is 4.35. The predicted molar refractivity (Wildman–Crippen MR) is 76.9 cm³/mol. The monoisotopic (exact) mass is 281 g/mol. The molecule has 0 saturated carbocycles. The van der Waals surface area contributed by atoms with Gasteiger partial charge < -0.3 is 5.32 Å². The molecule has 2 aromatic carbocycles. The van der Waals surface area contributed by atoms with Gasteiger partial charge in [-0.1, -0.05) is 6.07 Å². The molecule has 0 saturated heterocycles. The molecule has 0 aromatic heterocycles. The molecule has 6 nitrogen and oxygen atoms in total. The van der Waals surface area contributed by atoms with E-state index in [2.05, 4.69) is 5.32 Å². The van der Waals surface area contributed by atoms with Crippen LogP contribution in [0.15, 0.2) is 42.5 Å². The molecular formula is C15H11N3O3. The van der Waals surface area contributed by atoms with Crippen molar-refractivity contribution < 1.29 is 9.72 Å². The Bertz CT molecular complexity index is 746. The molecule has 104 valence electrons. The third-order valence-electron chi connectivity index (χ3n) is 3.02. The van der Waals surface area contributed by atoms with E-state index in [4.69, 9.17) is 5.26 Å². The van der Waals surface area contributed by atoms with Crippen molar-refractivity contribution in [2.75, 3.05) is 5.32 Å². The topological polar surface area (TPSA) is 96.0 Å².